The van der Waals surface area contributed by atoms with Gasteiger partial charge in [-0.05, 0) is 112 Å². The molecule has 1 aliphatic heterocycles. The van der Waals surface area contributed by atoms with Gasteiger partial charge >= 0.3 is 22.5 Å². The molecular formula is C94H144N18O28S2. The third-order valence-corrected chi connectivity index (χ3v) is 24.2. The molecule has 0 aliphatic carbocycles. The Morgan fingerprint density at radius 2 is 0.972 bits per heavy atom. The Kier molecular flexibility index (Phi) is 58.5. The van der Waals surface area contributed by atoms with Crippen molar-refractivity contribution in [1.29, 1.82) is 16.2 Å². The molecule has 0 unspecified atom stereocenters. The number of H-pyrrole nitrogens is 1. The van der Waals surface area contributed by atoms with Gasteiger partial charge in [0, 0.05) is 143 Å². The van der Waals surface area contributed by atoms with Gasteiger partial charge in [0.05, 0.1) is 101 Å². The molecule has 0 bridgehead atoms. The van der Waals surface area contributed by atoms with E-state index >= 15 is 14.4 Å². The highest BCUT2D eigenvalue weighted by atomic mass is 32.2. The number of aliphatic hydroxyl groups excluding tert-OH is 2. The number of ether oxygens (including phenoxy) is 3. The van der Waals surface area contributed by atoms with Crippen LogP contribution in [0.4, 0.5) is 0 Å². The number of guanidine groups is 3. The van der Waals surface area contributed by atoms with Gasteiger partial charge in [-0.1, -0.05) is 96.5 Å². The maximum absolute atomic E-state index is 15.2. The molecule has 2 aromatic carbocycles. The summed E-state index contributed by atoms with van der Waals surface area (Å²) in [5.74, 6) is -24.0. The van der Waals surface area contributed by atoms with Crippen LogP contribution in [0, 0.1) is 69.5 Å². The van der Waals surface area contributed by atoms with E-state index in [9.17, 15) is 87.2 Å². The predicted molar refractivity (Wildman–Crippen MR) is 520 cm³/mol. The number of para-hydroxylation sites is 1. The quantitative estimate of drug-likeness (QED) is 0.0160. The number of carbonyl (C=O) groups excluding carboxylic acids is 17. The van der Waals surface area contributed by atoms with E-state index in [1.165, 1.54) is 18.7 Å². The van der Waals surface area contributed by atoms with Gasteiger partial charge in [0.15, 0.2) is 52.6 Å². The van der Waals surface area contributed by atoms with Crippen molar-refractivity contribution in [2.45, 2.75) is 245 Å². The second-order valence-electron chi connectivity index (χ2n) is 35.7. The molecule has 9 amide bonds. The number of benzene rings is 2. The zero-order chi connectivity index (χ0) is 106. The van der Waals surface area contributed by atoms with Crippen LogP contribution in [0.25, 0.3) is 10.9 Å². The van der Waals surface area contributed by atoms with Crippen LogP contribution in [-0.2, 0) is 129 Å². The molecule has 142 heavy (non-hydrogen) atoms. The lowest BCUT2D eigenvalue weighted by molar-refractivity contribution is -0.198. The van der Waals surface area contributed by atoms with E-state index in [4.69, 9.17) is 70.8 Å². The van der Waals surface area contributed by atoms with E-state index in [0.29, 0.717) is 32.8 Å². The highest BCUT2D eigenvalue weighted by molar-refractivity contribution is 7.98. The van der Waals surface area contributed by atoms with Crippen LogP contribution in [0.5, 0.6) is 0 Å². The van der Waals surface area contributed by atoms with Gasteiger partial charge in [0.1, 0.15) is 11.8 Å². The van der Waals surface area contributed by atoms with Crippen molar-refractivity contribution in [3.05, 3.63) is 71.9 Å². The lowest BCUT2D eigenvalue weighted by Gasteiger charge is -2.29. The highest BCUT2D eigenvalue weighted by Crippen LogP contribution is 2.28. The Hall–Kier alpha value is -12.4. The van der Waals surface area contributed by atoms with Crippen molar-refractivity contribution in [2.24, 2.45) is 76.2 Å². The number of hydrogen-bond donors (Lipinski definition) is 20. The van der Waals surface area contributed by atoms with E-state index in [0.717, 1.165) is 0 Å². The monoisotopic (exact) mass is 2040 g/mol. The summed E-state index contributed by atoms with van der Waals surface area (Å²) in [5.41, 5.74) is 24.1. The summed E-state index contributed by atoms with van der Waals surface area (Å²) < 4.78 is 41.6. The molecule has 14 atom stereocenters. The van der Waals surface area contributed by atoms with Gasteiger partial charge in [-0.3, -0.25) is 97.7 Å². The average molecular weight is 2040 g/mol. The number of amides is 9. The molecule has 48 heteroatoms. The Bertz CT molecular complexity index is 4830. The summed E-state index contributed by atoms with van der Waals surface area (Å²) in [6.07, 6.45) is -2.79. The minimum Gasteiger partial charge on any atom is -0.481 e. The summed E-state index contributed by atoms with van der Waals surface area (Å²) in [6, 6.07) is 6.91. The summed E-state index contributed by atoms with van der Waals surface area (Å²) in [5, 5.41) is 80.1. The van der Waals surface area contributed by atoms with Crippen molar-refractivity contribution in [2.75, 3.05) is 77.9 Å². The molecule has 46 nitrogen and oxygen atoms in total. The number of carboxylic acids is 1. The molecule has 4 rings (SSSR count). The molecule has 0 radical (unpaired) electrons. The molecule has 24 N–H and O–H groups in total. The van der Waals surface area contributed by atoms with Crippen LogP contribution in [0.3, 0.4) is 0 Å². The number of ketones is 7. The fourth-order valence-corrected chi connectivity index (χ4v) is 16.0. The number of hydroxylamine groups is 2. The number of primary amides is 1. The largest absolute Gasteiger partial charge is 0.481 e. The first-order chi connectivity index (χ1) is 67.2. The van der Waals surface area contributed by atoms with E-state index in [1.807, 2.05) is 13.8 Å². The predicted octanol–water partition coefficient (Wildman–Crippen LogP) is 0.721. The fourth-order valence-electron chi connectivity index (χ4n) is 15.4. The third kappa shape index (κ3) is 48.9. The van der Waals surface area contributed by atoms with Crippen LogP contribution in [0.1, 0.15) is 201 Å². The number of imide groups is 1. The van der Waals surface area contributed by atoms with Gasteiger partial charge in [0.25, 0.3) is 11.8 Å². The van der Waals surface area contributed by atoms with E-state index < -0.39 is 258 Å². The molecule has 790 valence electrons. The number of nitrogens with two attached hydrogens (primary N) is 4. The second kappa shape index (κ2) is 67.2. The van der Waals surface area contributed by atoms with Crippen molar-refractivity contribution < 1.29 is 133 Å². The summed E-state index contributed by atoms with van der Waals surface area (Å²) in [6.45, 7) is 11.1. The number of aromatic nitrogens is 1. The number of fused-ring (bicyclic) bond motifs is 1. The lowest BCUT2D eigenvalue weighted by Crippen LogP contribution is -2.53. The molecule has 3 aromatic rings. The summed E-state index contributed by atoms with van der Waals surface area (Å²) in [4.78, 5) is 256. The molecule has 1 fully saturated rings. The van der Waals surface area contributed by atoms with Crippen molar-refractivity contribution >= 4 is 157 Å². The Morgan fingerprint density at radius 3 is 1.51 bits per heavy atom. The smallest absolute Gasteiger partial charge is 0.425 e. The minimum absolute atomic E-state index is 0.00966. The molecular weight excluding hydrogens is 1890 g/mol. The SMILES string of the molecule is CC[C@H](C)[C@H](CC(=O)[C@@H](NC(=O)[C@@H](CC(=O)[C@H](CCCNC(=N)N)NC(=O)[C@@H](CC(=O)[C@H](CC(C)C)NC(=O)[C@H](CCSC)CC(=O)[C@H](CCCNC(=N)N)NC(=O)CCC(=O)CCOCCOCCOCCC(=O)ON1C(=O)CCC1=O)Cc1ccccc1)C(C)C)[C@@H](C)O)C(=O)N[C@@H](CC(=O)O)C(=O)C[C@@H](CO)C(=O)N[C@@H](Cc1c[nH]c2ccccc12)C(=O)C[C@@H](CCCNC(=N)N)C(N)=O.O=S(=O)=O. The van der Waals surface area contributed by atoms with E-state index in [-0.39, 0.29) is 192 Å². The Balaban J connectivity index is 0.0000127. The number of thioether (sulfide) groups is 1. The zero-order valence-electron chi connectivity index (χ0n) is 81.9. The molecule has 2 heterocycles. The van der Waals surface area contributed by atoms with Crippen molar-refractivity contribution in [3.63, 3.8) is 0 Å². The van der Waals surface area contributed by atoms with Gasteiger partial charge < -0.3 is 110 Å². The van der Waals surface area contributed by atoms with Gasteiger partial charge in [-0.25, -0.2) is 4.79 Å². The Labute approximate surface area is 830 Å². The normalized spacial score (nSPS) is 14.8. The number of Topliss-reactive ketones (excluding diaryl/α,β-unsaturated/α-hetero) is 7. The van der Waals surface area contributed by atoms with Crippen LogP contribution >= 0.6 is 11.8 Å². The molecule has 1 aromatic heterocycles. The number of aromatic amines is 1. The first kappa shape index (κ1) is 124. The average Bonchev–Trinajstić information content (AvgIpc) is 1.68. The first-order valence-corrected chi connectivity index (χ1v) is 49.8. The molecule has 0 saturated carbocycles. The number of carboxylic acid groups (broad SMARTS) is 1. The molecule has 0 spiro atoms. The fraction of sp³-hybridized carbons (Fsp3) is 0.628. The van der Waals surface area contributed by atoms with Crippen LogP contribution in [0.15, 0.2) is 60.8 Å². The molecule has 1 aliphatic rings. The number of carbonyl (C=O) groups is 18. The van der Waals surface area contributed by atoms with E-state index in [2.05, 4.69) is 52.8 Å². The summed E-state index contributed by atoms with van der Waals surface area (Å²) >= 11 is 1.39. The van der Waals surface area contributed by atoms with Crippen LogP contribution in [-0.4, -0.2) is 282 Å². The first-order valence-electron chi connectivity index (χ1n) is 47.4. The number of hydrogen-bond acceptors (Lipinski definition) is 31. The standard InChI is InChI=1S/C94H144N18O25S.O3S/c1-9-56(6)67(91(133)110-73(51-83(125)126)77(119)48-63(53-113)89(131)109-72(44-62-52-105-68-22-14-13-21-65(62)68)75(117)45-59(86(95)128)20-15-32-102-92(96)97)50-79(121)85(57(7)114)111-90(132)66(55(4)5)49-78(120)70(24-17-34-104-94(100)101)107-88(130)61(43-58-18-11-10-12-19-58)47-76(118)71(42-54(2)3)108-87(129)60(31-41-138-8)46-74(116)69(23-16-33-103-93(98)99)106-80(122)26-25-64(115)29-35-134-37-39-136-40-38-135-36-30-84(127)137-112-81(123)27-28-82(112)124;1-4(2)3/h10-14,18-19,21-22,52,54-57,59-61,63,66-67,69-73,85,105,113-114H,9,15-17,20,23-51,53H2,1-8H3,(H2,95,128)(H,106,122)(H,107,130)(H,108,129)(H,109,131)(H,110,133)(H,111,132)(H,125,126)(H4,96,97,102)(H4,98,99,103)(H4,100,101,104);/t56-,57+,59+,60+,61+,63-,66-,67-,69-,70-,71-,72-,73-,85-;/m0./s1. The van der Waals surface area contributed by atoms with Crippen LogP contribution < -0.4 is 70.8 Å². The van der Waals surface area contributed by atoms with Gasteiger partial charge in [-0.15, -0.1) is 17.7 Å². The van der Waals surface area contributed by atoms with Gasteiger partial charge in [-0.2, -0.15) is 11.8 Å². The maximum atomic E-state index is 15.2. The van der Waals surface area contributed by atoms with Crippen molar-refractivity contribution in [1.82, 2.24) is 57.9 Å². The number of rotatable bonds is 74. The van der Waals surface area contributed by atoms with Crippen LogP contribution in [0.2, 0.25) is 0 Å². The maximum Gasteiger partial charge on any atom is 0.425 e. The zero-order valence-corrected chi connectivity index (χ0v) is 83.5. The van der Waals surface area contributed by atoms with Crippen molar-refractivity contribution in [3.8, 4) is 0 Å². The number of nitrogens with zero attached hydrogens (tertiary/aromatic N) is 1. The topological polar surface area (TPSA) is 759 Å². The lowest BCUT2D eigenvalue weighted by atomic mass is 9.83. The minimum atomic E-state index is -3.11. The number of aliphatic hydroxyl groups is 2. The number of nitrogens with one attached hydrogen (secondary N) is 13. The highest BCUT2D eigenvalue weighted by Gasteiger charge is 2.42. The van der Waals surface area contributed by atoms with Gasteiger partial charge in [0.2, 0.25) is 41.4 Å². The Morgan fingerprint density at radius 1 is 0.507 bits per heavy atom. The molecule has 1 saturated heterocycles. The van der Waals surface area contributed by atoms with E-state index in [1.54, 1.807) is 94.7 Å². The third-order valence-electron chi connectivity index (χ3n) is 23.6. The second-order valence-corrected chi connectivity index (χ2v) is 37.1. The number of aliphatic carboxylic acids is 1. The summed E-state index contributed by atoms with van der Waals surface area (Å²) in [7, 11) is -3.11.